The second-order valence-corrected chi connectivity index (χ2v) is 4.92. The van der Waals surface area contributed by atoms with Gasteiger partial charge < -0.3 is 10.4 Å². The highest BCUT2D eigenvalue weighted by Crippen LogP contribution is 2.13. The number of aliphatic carboxylic acids is 1. The third-order valence-electron chi connectivity index (χ3n) is 3.04. The van der Waals surface area contributed by atoms with E-state index in [4.69, 9.17) is 5.11 Å². The lowest BCUT2D eigenvalue weighted by Crippen LogP contribution is -2.32. The van der Waals surface area contributed by atoms with Crippen LogP contribution in [0.4, 0.5) is 4.39 Å². The predicted molar refractivity (Wildman–Crippen MR) is 79.5 cm³/mol. The maximum Gasteiger partial charge on any atom is 0.328 e. The van der Waals surface area contributed by atoms with E-state index >= 15 is 0 Å². The average Bonchev–Trinajstić information content (AvgIpc) is 2.43. The van der Waals surface area contributed by atoms with Gasteiger partial charge in [0.05, 0.1) is 0 Å². The number of hydrogen-bond donors (Lipinski definition) is 2. The molecule has 0 bridgehead atoms. The van der Waals surface area contributed by atoms with E-state index in [9.17, 15) is 14.0 Å². The summed E-state index contributed by atoms with van der Waals surface area (Å²) in [5.41, 5.74) is 0.358. The summed E-state index contributed by atoms with van der Waals surface area (Å²) in [6.45, 7) is 3.99. The second-order valence-electron chi connectivity index (χ2n) is 4.92. The number of carbonyl (C=O) groups excluding carboxylic acids is 1. The monoisotopic (exact) mass is 293 g/mol. The molecule has 0 aliphatic carbocycles. The van der Waals surface area contributed by atoms with Gasteiger partial charge in [-0.2, -0.15) is 0 Å². The van der Waals surface area contributed by atoms with E-state index in [0.717, 1.165) is 37.5 Å². The molecule has 1 amide bonds. The van der Waals surface area contributed by atoms with E-state index in [1.54, 1.807) is 0 Å². The Morgan fingerprint density at radius 3 is 2.71 bits per heavy atom. The maximum absolute atomic E-state index is 13.8. The van der Waals surface area contributed by atoms with Crippen LogP contribution in [-0.2, 0) is 4.79 Å². The standard InChI is InChI=1S/C16H20FNO3/c1-3-4-5-11(2)18-16(21)13-7-6-12(14(17)10-13)8-9-15(19)20/h6-11H,3-5H2,1-2H3,(H,18,21)(H,19,20). The summed E-state index contributed by atoms with van der Waals surface area (Å²) in [6.07, 6.45) is 4.96. The Hall–Kier alpha value is -2.17. The molecule has 0 spiro atoms. The number of nitrogens with one attached hydrogen (secondary N) is 1. The van der Waals surface area contributed by atoms with Crippen LogP contribution in [0.15, 0.2) is 24.3 Å². The molecule has 0 heterocycles. The zero-order valence-corrected chi connectivity index (χ0v) is 12.2. The molecule has 0 aliphatic rings. The van der Waals surface area contributed by atoms with Gasteiger partial charge in [-0.15, -0.1) is 0 Å². The quantitative estimate of drug-likeness (QED) is 0.758. The number of rotatable bonds is 7. The van der Waals surface area contributed by atoms with Crippen LogP contribution in [0.5, 0.6) is 0 Å². The Bertz CT molecular complexity index is 540. The zero-order valence-electron chi connectivity index (χ0n) is 12.2. The van der Waals surface area contributed by atoms with Gasteiger partial charge in [-0.1, -0.05) is 25.8 Å². The minimum atomic E-state index is -1.15. The summed E-state index contributed by atoms with van der Waals surface area (Å²) in [6, 6.07) is 4.02. The Labute approximate surface area is 123 Å². The fourth-order valence-corrected chi connectivity index (χ4v) is 1.85. The number of unbranched alkanes of at least 4 members (excludes halogenated alkanes) is 1. The molecule has 0 fully saturated rings. The molecule has 0 saturated carbocycles. The van der Waals surface area contributed by atoms with Crippen molar-refractivity contribution in [2.24, 2.45) is 0 Å². The van der Waals surface area contributed by atoms with Crippen LogP contribution in [0.2, 0.25) is 0 Å². The first kappa shape index (κ1) is 16.9. The molecular weight excluding hydrogens is 273 g/mol. The second kappa shape index (κ2) is 8.19. The predicted octanol–water partition coefficient (Wildman–Crippen LogP) is 3.23. The van der Waals surface area contributed by atoms with Crippen molar-refractivity contribution in [2.45, 2.75) is 39.2 Å². The van der Waals surface area contributed by atoms with E-state index in [-0.39, 0.29) is 23.1 Å². The Balaban J connectivity index is 2.74. The molecule has 1 unspecified atom stereocenters. The van der Waals surface area contributed by atoms with Crippen molar-refractivity contribution in [3.05, 3.63) is 41.2 Å². The van der Waals surface area contributed by atoms with Gasteiger partial charge in [0.15, 0.2) is 0 Å². The minimum Gasteiger partial charge on any atom is -0.478 e. The third kappa shape index (κ3) is 5.77. The summed E-state index contributed by atoms with van der Waals surface area (Å²) in [4.78, 5) is 22.4. The molecule has 1 rings (SSSR count). The number of carbonyl (C=O) groups is 2. The molecule has 0 radical (unpaired) electrons. The molecule has 1 atom stereocenters. The molecule has 0 aromatic heterocycles. The van der Waals surface area contributed by atoms with Crippen LogP contribution in [0, 0.1) is 5.82 Å². The summed E-state index contributed by atoms with van der Waals surface area (Å²) < 4.78 is 13.8. The average molecular weight is 293 g/mol. The van der Waals surface area contributed by atoms with E-state index < -0.39 is 11.8 Å². The smallest absolute Gasteiger partial charge is 0.328 e. The molecule has 5 heteroatoms. The Morgan fingerprint density at radius 2 is 2.14 bits per heavy atom. The van der Waals surface area contributed by atoms with Crippen molar-refractivity contribution in [3.8, 4) is 0 Å². The van der Waals surface area contributed by atoms with Gasteiger partial charge >= 0.3 is 5.97 Å². The molecular formula is C16H20FNO3. The highest BCUT2D eigenvalue weighted by Gasteiger charge is 2.11. The molecule has 1 aromatic carbocycles. The van der Waals surface area contributed by atoms with Crippen LogP contribution in [-0.4, -0.2) is 23.0 Å². The first-order chi connectivity index (χ1) is 9.93. The lowest BCUT2D eigenvalue weighted by atomic mass is 10.1. The van der Waals surface area contributed by atoms with Crippen molar-refractivity contribution in [2.75, 3.05) is 0 Å². The van der Waals surface area contributed by atoms with Crippen LogP contribution in [0.1, 0.15) is 49.0 Å². The van der Waals surface area contributed by atoms with Crippen molar-refractivity contribution in [1.29, 1.82) is 0 Å². The van der Waals surface area contributed by atoms with Crippen molar-refractivity contribution in [1.82, 2.24) is 5.32 Å². The lowest BCUT2D eigenvalue weighted by molar-refractivity contribution is -0.131. The van der Waals surface area contributed by atoms with Crippen molar-refractivity contribution in [3.63, 3.8) is 0 Å². The van der Waals surface area contributed by atoms with Gasteiger partial charge in [-0.3, -0.25) is 4.79 Å². The number of carboxylic acid groups (broad SMARTS) is 1. The van der Waals surface area contributed by atoms with Crippen LogP contribution in [0.25, 0.3) is 6.08 Å². The first-order valence-electron chi connectivity index (χ1n) is 6.95. The van der Waals surface area contributed by atoms with Crippen molar-refractivity contribution >= 4 is 18.0 Å². The van der Waals surface area contributed by atoms with Crippen LogP contribution in [0.3, 0.4) is 0 Å². The van der Waals surface area contributed by atoms with E-state index in [0.29, 0.717) is 0 Å². The summed E-state index contributed by atoms with van der Waals surface area (Å²) in [5, 5.41) is 11.3. The zero-order chi connectivity index (χ0) is 15.8. The number of halogens is 1. The fraction of sp³-hybridized carbons (Fsp3) is 0.375. The molecule has 1 aromatic rings. The summed E-state index contributed by atoms with van der Waals surface area (Å²) in [7, 11) is 0. The number of hydrogen-bond acceptors (Lipinski definition) is 2. The molecule has 0 saturated heterocycles. The van der Waals surface area contributed by atoms with E-state index in [1.807, 2.05) is 6.92 Å². The Morgan fingerprint density at radius 1 is 1.43 bits per heavy atom. The van der Waals surface area contributed by atoms with E-state index in [1.165, 1.54) is 12.1 Å². The first-order valence-corrected chi connectivity index (χ1v) is 6.95. The van der Waals surface area contributed by atoms with Gasteiger partial charge in [-0.05, 0) is 31.6 Å². The molecule has 4 nitrogen and oxygen atoms in total. The Kier molecular flexibility index (Phi) is 6.59. The lowest BCUT2D eigenvalue weighted by Gasteiger charge is -2.13. The summed E-state index contributed by atoms with van der Waals surface area (Å²) >= 11 is 0. The SMILES string of the molecule is CCCCC(C)NC(=O)c1ccc(C=CC(=O)O)c(F)c1. The largest absolute Gasteiger partial charge is 0.478 e. The van der Waals surface area contributed by atoms with Gasteiger partial charge in [0.25, 0.3) is 5.91 Å². The van der Waals surface area contributed by atoms with Crippen LogP contribution >= 0.6 is 0 Å². The maximum atomic E-state index is 13.8. The molecule has 21 heavy (non-hydrogen) atoms. The highest BCUT2D eigenvalue weighted by atomic mass is 19.1. The van der Waals surface area contributed by atoms with Gasteiger partial charge in [0, 0.05) is 23.2 Å². The molecule has 0 aliphatic heterocycles. The third-order valence-corrected chi connectivity index (χ3v) is 3.04. The number of carboxylic acids is 1. The normalized spacial score (nSPS) is 12.3. The van der Waals surface area contributed by atoms with Gasteiger partial charge in [0.2, 0.25) is 0 Å². The fourth-order valence-electron chi connectivity index (χ4n) is 1.85. The van der Waals surface area contributed by atoms with Crippen molar-refractivity contribution < 1.29 is 19.1 Å². The summed E-state index contributed by atoms with van der Waals surface area (Å²) in [5.74, 6) is -2.10. The topological polar surface area (TPSA) is 66.4 Å². The minimum absolute atomic E-state index is 0.0343. The van der Waals surface area contributed by atoms with Gasteiger partial charge in [-0.25, -0.2) is 9.18 Å². The number of amides is 1. The van der Waals surface area contributed by atoms with E-state index in [2.05, 4.69) is 12.2 Å². The highest BCUT2D eigenvalue weighted by molar-refractivity contribution is 5.94. The van der Waals surface area contributed by atoms with Crippen LogP contribution < -0.4 is 5.32 Å². The number of benzene rings is 1. The molecule has 114 valence electrons. The van der Waals surface area contributed by atoms with Gasteiger partial charge in [0.1, 0.15) is 5.82 Å². The molecule has 2 N–H and O–H groups in total.